The zero-order valence-corrected chi connectivity index (χ0v) is 17.1. The third-order valence-electron chi connectivity index (χ3n) is 5.24. The number of oxazole rings is 1. The van der Waals surface area contributed by atoms with E-state index in [2.05, 4.69) is 0 Å². The van der Waals surface area contributed by atoms with Crippen molar-refractivity contribution in [1.82, 2.24) is 13.8 Å². The highest BCUT2D eigenvalue weighted by Crippen LogP contribution is 2.22. The molecule has 1 amide bonds. The van der Waals surface area contributed by atoms with Gasteiger partial charge in [-0.05, 0) is 29.8 Å². The molecule has 0 spiro atoms. The van der Waals surface area contributed by atoms with Gasteiger partial charge in [-0.15, -0.1) is 0 Å². The summed E-state index contributed by atoms with van der Waals surface area (Å²) in [5, 5.41) is 0. The molecule has 2 heterocycles. The molecule has 2 aromatic carbocycles. The van der Waals surface area contributed by atoms with Crippen LogP contribution in [0.2, 0.25) is 0 Å². The molecule has 158 valence electrons. The maximum atomic E-state index is 13.3. The van der Waals surface area contributed by atoms with E-state index in [0.717, 1.165) is 0 Å². The lowest BCUT2D eigenvalue weighted by Crippen LogP contribution is -2.50. The molecule has 10 heteroatoms. The number of amides is 1. The third-order valence-corrected chi connectivity index (χ3v) is 7.13. The van der Waals surface area contributed by atoms with Crippen molar-refractivity contribution in [2.24, 2.45) is 7.05 Å². The van der Waals surface area contributed by atoms with E-state index in [9.17, 15) is 22.4 Å². The predicted molar refractivity (Wildman–Crippen MR) is 107 cm³/mol. The van der Waals surface area contributed by atoms with Crippen LogP contribution in [0.4, 0.5) is 4.39 Å². The van der Waals surface area contributed by atoms with Gasteiger partial charge in [0.15, 0.2) is 5.58 Å². The van der Waals surface area contributed by atoms with Gasteiger partial charge in [0.05, 0.1) is 16.8 Å². The molecule has 0 saturated carbocycles. The molecule has 1 saturated heterocycles. The molecule has 4 rings (SSSR count). The van der Waals surface area contributed by atoms with E-state index >= 15 is 0 Å². The van der Waals surface area contributed by atoms with Crippen molar-refractivity contribution in [2.45, 2.75) is 11.3 Å². The Kier molecular flexibility index (Phi) is 5.20. The van der Waals surface area contributed by atoms with Gasteiger partial charge in [-0.1, -0.05) is 12.1 Å². The standard InChI is InChI=1S/C20H20FN3O5S/c1-22-17-6-5-16(13-18(17)29-20(22)26)30(27,28)24-9-7-23(8-10-24)19(25)12-14-3-2-4-15(21)11-14/h2-6,11,13H,7-10,12H2,1H3. The first-order chi connectivity index (χ1) is 14.3. The maximum absolute atomic E-state index is 13.3. The van der Waals surface area contributed by atoms with Gasteiger partial charge in [0.1, 0.15) is 5.82 Å². The van der Waals surface area contributed by atoms with Gasteiger partial charge < -0.3 is 9.32 Å². The topological polar surface area (TPSA) is 92.8 Å². The Bertz CT molecular complexity index is 1270. The summed E-state index contributed by atoms with van der Waals surface area (Å²) in [6.45, 7) is 0.786. The number of carbonyl (C=O) groups is 1. The summed E-state index contributed by atoms with van der Waals surface area (Å²) >= 11 is 0. The lowest BCUT2D eigenvalue weighted by molar-refractivity contribution is -0.131. The molecule has 0 aliphatic carbocycles. The van der Waals surface area contributed by atoms with E-state index in [1.807, 2.05) is 0 Å². The molecule has 0 atom stereocenters. The third kappa shape index (κ3) is 3.75. The van der Waals surface area contributed by atoms with Gasteiger partial charge in [0, 0.05) is 39.3 Å². The van der Waals surface area contributed by atoms with Crippen molar-refractivity contribution in [3.05, 3.63) is 64.4 Å². The van der Waals surface area contributed by atoms with Crippen molar-refractivity contribution in [1.29, 1.82) is 0 Å². The summed E-state index contributed by atoms with van der Waals surface area (Å²) in [4.78, 5) is 25.7. The Hall–Kier alpha value is -2.98. The molecule has 1 aromatic heterocycles. The largest absolute Gasteiger partial charge is 0.419 e. The van der Waals surface area contributed by atoms with Crippen LogP contribution in [-0.2, 0) is 28.3 Å². The Morgan fingerprint density at radius 1 is 1.10 bits per heavy atom. The summed E-state index contributed by atoms with van der Waals surface area (Å²) in [6, 6.07) is 10.2. The Labute approximate surface area is 172 Å². The number of benzene rings is 2. The zero-order chi connectivity index (χ0) is 21.5. The SMILES string of the molecule is Cn1c(=O)oc2cc(S(=O)(=O)N3CCN(C(=O)Cc4cccc(F)c4)CC3)ccc21. The number of aryl methyl sites for hydroxylation is 1. The fraction of sp³-hybridized carbons (Fsp3) is 0.300. The van der Waals surface area contributed by atoms with Crippen LogP contribution < -0.4 is 5.76 Å². The molecule has 0 N–H and O–H groups in total. The average molecular weight is 433 g/mol. The fourth-order valence-electron chi connectivity index (χ4n) is 3.53. The van der Waals surface area contributed by atoms with E-state index in [1.165, 1.54) is 39.2 Å². The van der Waals surface area contributed by atoms with Crippen LogP contribution in [0.25, 0.3) is 11.1 Å². The fourth-order valence-corrected chi connectivity index (χ4v) is 4.97. The normalized spacial score (nSPS) is 15.6. The maximum Gasteiger partial charge on any atom is 0.419 e. The van der Waals surface area contributed by atoms with Crippen LogP contribution in [0.1, 0.15) is 5.56 Å². The van der Waals surface area contributed by atoms with Gasteiger partial charge in [-0.2, -0.15) is 4.31 Å². The van der Waals surface area contributed by atoms with Crippen molar-refractivity contribution in [3.63, 3.8) is 0 Å². The molecule has 1 fully saturated rings. The first kappa shape index (κ1) is 20.3. The van der Waals surface area contributed by atoms with Crippen LogP contribution in [-0.4, -0.2) is 54.3 Å². The summed E-state index contributed by atoms with van der Waals surface area (Å²) in [5.41, 5.74) is 1.28. The molecule has 0 bridgehead atoms. The minimum atomic E-state index is -3.80. The minimum Gasteiger partial charge on any atom is -0.408 e. The summed E-state index contributed by atoms with van der Waals surface area (Å²) in [5.74, 6) is -1.14. The van der Waals surface area contributed by atoms with Crippen molar-refractivity contribution in [3.8, 4) is 0 Å². The zero-order valence-electron chi connectivity index (χ0n) is 16.2. The quantitative estimate of drug-likeness (QED) is 0.619. The number of rotatable bonds is 4. The number of hydrogen-bond acceptors (Lipinski definition) is 5. The van der Waals surface area contributed by atoms with E-state index in [1.54, 1.807) is 24.1 Å². The second-order valence-electron chi connectivity index (χ2n) is 7.15. The van der Waals surface area contributed by atoms with Crippen LogP contribution >= 0.6 is 0 Å². The highest BCUT2D eigenvalue weighted by Gasteiger charge is 2.30. The van der Waals surface area contributed by atoms with E-state index in [0.29, 0.717) is 11.1 Å². The number of hydrogen-bond donors (Lipinski definition) is 0. The Morgan fingerprint density at radius 3 is 2.53 bits per heavy atom. The van der Waals surface area contributed by atoms with Crippen LogP contribution in [0.3, 0.4) is 0 Å². The number of nitrogens with zero attached hydrogens (tertiary/aromatic N) is 3. The predicted octanol–water partition coefficient (Wildman–Crippen LogP) is 1.35. The molecular weight excluding hydrogens is 413 g/mol. The lowest BCUT2D eigenvalue weighted by atomic mass is 10.1. The second-order valence-corrected chi connectivity index (χ2v) is 9.09. The first-order valence-electron chi connectivity index (χ1n) is 9.37. The molecule has 1 aliphatic rings. The van der Waals surface area contributed by atoms with Crippen molar-refractivity contribution >= 4 is 27.0 Å². The lowest BCUT2D eigenvalue weighted by Gasteiger charge is -2.34. The molecule has 0 radical (unpaired) electrons. The number of fused-ring (bicyclic) bond motifs is 1. The van der Waals surface area contributed by atoms with Crippen molar-refractivity contribution in [2.75, 3.05) is 26.2 Å². The van der Waals surface area contributed by atoms with Crippen LogP contribution in [0.5, 0.6) is 0 Å². The molecule has 8 nitrogen and oxygen atoms in total. The summed E-state index contributed by atoms with van der Waals surface area (Å²) in [7, 11) is -2.25. The van der Waals surface area contributed by atoms with Gasteiger partial charge >= 0.3 is 5.76 Å². The smallest absolute Gasteiger partial charge is 0.408 e. The number of halogens is 1. The van der Waals surface area contributed by atoms with E-state index in [4.69, 9.17) is 4.42 Å². The van der Waals surface area contributed by atoms with Gasteiger partial charge in [-0.25, -0.2) is 17.6 Å². The van der Waals surface area contributed by atoms with Crippen LogP contribution in [0, 0.1) is 5.82 Å². The van der Waals surface area contributed by atoms with Gasteiger partial charge in [0.25, 0.3) is 0 Å². The second kappa shape index (κ2) is 7.69. The number of aromatic nitrogens is 1. The van der Waals surface area contributed by atoms with Gasteiger partial charge in [-0.3, -0.25) is 9.36 Å². The first-order valence-corrected chi connectivity index (χ1v) is 10.8. The van der Waals surface area contributed by atoms with E-state index in [-0.39, 0.29) is 49.0 Å². The molecular formula is C20H20FN3O5S. The van der Waals surface area contributed by atoms with E-state index < -0.39 is 21.6 Å². The van der Waals surface area contributed by atoms with Gasteiger partial charge in [0.2, 0.25) is 15.9 Å². The highest BCUT2D eigenvalue weighted by atomic mass is 32.2. The molecule has 0 unspecified atom stereocenters. The minimum absolute atomic E-state index is 0.0314. The molecule has 30 heavy (non-hydrogen) atoms. The molecule has 1 aliphatic heterocycles. The summed E-state index contributed by atoms with van der Waals surface area (Å²) in [6.07, 6.45) is 0.0637. The van der Waals surface area contributed by atoms with Crippen LogP contribution in [0.15, 0.2) is 56.6 Å². The molecule has 3 aromatic rings. The Balaban J connectivity index is 1.45. The van der Waals surface area contributed by atoms with Crippen molar-refractivity contribution < 1.29 is 22.0 Å². The average Bonchev–Trinajstić information content (AvgIpc) is 3.01. The summed E-state index contributed by atoms with van der Waals surface area (Å²) < 4.78 is 47.0. The highest BCUT2D eigenvalue weighted by molar-refractivity contribution is 7.89. The monoisotopic (exact) mass is 433 g/mol. The number of piperazine rings is 1. The number of sulfonamides is 1. The number of carbonyl (C=O) groups excluding carboxylic acids is 1. The Morgan fingerprint density at radius 2 is 1.83 bits per heavy atom.